The summed E-state index contributed by atoms with van der Waals surface area (Å²) in [4.78, 5) is 28.3. The standard InChI is InChI=1S/C14H11N3O3/c18-14-12-3-1-2-4-13(12)15-9-16(14)10-5-7-11(8-6-10)17(19)20/h1-9,12-13H. The van der Waals surface area contributed by atoms with E-state index in [4.69, 9.17) is 0 Å². The summed E-state index contributed by atoms with van der Waals surface area (Å²) in [5.41, 5.74) is 0.569. The average Bonchev–Trinajstić information content (AvgIpc) is 2.48. The molecule has 0 saturated heterocycles. The molecule has 2 unspecified atom stereocenters. The van der Waals surface area contributed by atoms with E-state index in [-0.39, 0.29) is 23.6 Å². The number of non-ortho nitro benzene ring substituents is 1. The maximum Gasteiger partial charge on any atom is 0.269 e. The van der Waals surface area contributed by atoms with E-state index >= 15 is 0 Å². The third kappa shape index (κ3) is 2.01. The van der Waals surface area contributed by atoms with Crippen molar-refractivity contribution in [1.82, 2.24) is 0 Å². The van der Waals surface area contributed by atoms with Gasteiger partial charge in [-0.15, -0.1) is 0 Å². The van der Waals surface area contributed by atoms with Gasteiger partial charge in [-0.1, -0.05) is 24.3 Å². The zero-order valence-electron chi connectivity index (χ0n) is 10.4. The number of anilines is 1. The molecular weight excluding hydrogens is 258 g/mol. The summed E-state index contributed by atoms with van der Waals surface area (Å²) in [6.07, 6.45) is 8.88. The van der Waals surface area contributed by atoms with E-state index in [1.54, 1.807) is 12.1 Å². The maximum absolute atomic E-state index is 12.4. The number of hydrogen-bond donors (Lipinski definition) is 0. The topological polar surface area (TPSA) is 75.8 Å². The molecule has 6 heteroatoms. The number of allylic oxidation sites excluding steroid dienone is 2. The van der Waals surface area contributed by atoms with Crippen molar-refractivity contribution in [3.05, 3.63) is 58.7 Å². The number of carbonyl (C=O) groups is 1. The third-order valence-corrected chi connectivity index (χ3v) is 3.32. The number of nitro benzene ring substituents is 1. The minimum atomic E-state index is -0.472. The number of carbonyl (C=O) groups excluding carboxylic acids is 1. The summed E-state index contributed by atoms with van der Waals surface area (Å²) in [6, 6.07) is 5.69. The minimum absolute atomic E-state index is 0.00600. The predicted octanol–water partition coefficient (Wildman–Crippen LogP) is 2.08. The quantitative estimate of drug-likeness (QED) is 0.609. The summed E-state index contributed by atoms with van der Waals surface area (Å²) in [5.74, 6) is -0.389. The molecule has 1 heterocycles. The molecule has 6 nitrogen and oxygen atoms in total. The van der Waals surface area contributed by atoms with Gasteiger partial charge in [-0.25, -0.2) is 0 Å². The van der Waals surface area contributed by atoms with Crippen LogP contribution in [0, 0.1) is 16.0 Å². The highest BCUT2D eigenvalue weighted by Gasteiger charge is 2.33. The molecule has 100 valence electrons. The first kappa shape index (κ1) is 12.3. The summed E-state index contributed by atoms with van der Waals surface area (Å²) >= 11 is 0. The Hall–Kier alpha value is -2.76. The number of nitrogens with zero attached hydrogens (tertiary/aromatic N) is 3. The van der Waals surface area contributed by atoms with Gasteiger partial charge in [0.1, 0.15) is 0 Å². The Morgan fingerprint density at radius 2 is 1.85 bits per heavy atom. The van der Waals surface area contributed by atoms with E-state index in [0.717, 1.165) is 0 Å². The number of hydrogen-bond acceptors (Lipinski definition) is 4. The molecule has 0 bridgehead atoms. The second-order valence-electron chi connectivity index (χ2n) is 4.53. The Kier molecular flexibility index (Phi) is 2.90. The van der Waals surface area contributed by atoms with Gasteiger partial charge in [0.15, 0.2) is 0 Å². The van der Waals surface area contributed by atoms with Crippen LogP contribution < -0.4 is 4.90 Å². The van der Waals surface area contributed by atoms with Crippen molar-refractivity contribution in [3.63, 3.8) is 0 Å². The number of amides is 1. The molecule has 0 saturated carbocycles. The highest BCUT2D eigenvalue weighted by molar-refractivity contribution is 6.11. The van der Waals surface area contributed by atoms with E-state index in [1.807, 2.05) is 24.3 Å². The Balaban J connectivity index is 1.90. The van der Waals surface area contributed by atoms with Crippen LogP contribution in [-0.2, 0) is 4.79 Å². The zero-order chi connectivity index (χ0) is 14.1. The van der Waals surface area contributed by atoms with Crippen molar-refractivity contribution >= 4 is 23.6 Å². The number of nitro groups is 1. The molecule has 0 radical (unpaired) electrons. The molecule has 0 N–H and O–H groups in total. The largest absolute Gasteiger partial charge is 0.273 e. The van der Waals surface area contributed by atoms with Crippen molar-refractivity contribution in [1.29, 1.82) is 0 Å². The molecule has 1 aliphatic heterocycles. The highest BCUT2D eigenvalue weighted by Crippen LogP contribution is 2.26. The fourth-order valence-corrected chi connectivity index (χ4v) is 2.26. The number of benzene rings is 1. The lowest BCUT2D eigenvalue weighted by atomic mass is 9.93. The van der Waals surface area contributed by atoms with Gasteiger partial charge in [0.25, 0.3) is 5.69 Å². The van der Waals surface area contributed by atoms with Crippen LogP contribution in [0.4, 0.5) is 11.4 Å². The molecular formula is C14H11N3O3. The van der Waals surface area contributed by atoms with E-state index < -0.39 is 4.92 Å². The fourth-order valence-electron chi connectivity index (χ4n) is 2.26. The van der Waals surface area contributed by atoms with E-state index in [9.17, 15) is 14.9 Å². The number of rotatable bonds is 2. The molecule has 20 heavy (non-hydrogen) atoms. The van der Waals surface area contributed by atoms with Crippen molar-refractivity contribution in [2.24, 2.45) is 10.9 Å². The van der Waals surface area contributed by atoms with Crippen LogP contribution in [0.1, 0.15) is 0 Å². The lowest BCUT2D eigenvalue weighted by Crippen LogP contribution is -2.43. The van der Waals surface area contributed by atoms with Crippen LogP contribution in [0.15, 0.2) is 53.6 Å². The van der Waals surface area contributed by atoms with E-state index in [2.05, 4.69) is 4.99 Å². The molecule has 1 aliphatic carbocycles. The van der Waals surface area contributed by atoms with E-state index in [1.165, 1.54) is 23.4 Å². The second-order valence-corrected chi connectivity index (χ2v) is 4.53. The summed E-state index contributed by atoms with van der Waals surface area (Å²) in [6.45, 7) is 0. The van der Waals surface area contributed by atoms with Crippen molar-refractivity contribution < 1.29 is 9.72 Å². The van der Waals surface area contributed by atoms with Crippen LogP contribution in [0.25, 0.3) is 0 Å². The Bertz CT molecular complexity index is 646. The van der Waals surface area contributed by atoms with Gasteiger partial charge in [-0.3, -0.25) is 24.8 Å². The molecule has 0 spiro atoms. The molecule has 0 fully saturated rings. The zero-order valence-corrected chi connectivity index (χ0v) is 10.4. The smallest absolute Gasteiger partial charge is 0.269 e. The summed E-state index contributed by atoms with van der Waals surface area (Å²) in [7, 11) is 0. The van der Waals surface area contributed by atoms with Gasteiger partial charge in [-0.2, -0.15) is 0 Å². The lowest BCUT2D eigenvalue weighted by molar-refractivity contribution is -0.384. The lowest BCUT2D eigenvalue weighted by Gasteiger charge is -2.30. The SMILES string of the molecule is O=C1C2C=CC=CC2N=CN1c1ccc([N+](=O)[O-])cc1. The second kappa shape index (κ2) is 4.73. The van der Waals surface area contributed by atoms with Crippen molar-refractivity contribution in [3.8, 4) is 0 Å². The average molecular weight is 269 g/mol. The van der Waals surface area contributed by atoms with Gasteiger partial charge in [0, 0.05) is 12.1 Å². The highest BCUT2D eigenvalue weighted by atomic mass is 16.6. The molecule has 0 aromatic heterocycles. The van der Waals surface area contributed by atoms with Crippen LogP contribution in [0.3, 0.4) is 0 Å². The van der Waals surface area contributed by atoms with Gasteiger partial charge >= 0.3 is 0 Å². The van der Waals surface area contributed by atoms with Gasteiger partial charge in [0.05, 0.1) is 28.9 Å². The van der Waals surface area contributed by atoms with Crippen LogP contribution in [-0.4, -0.2) is 23.2 Å². The Morgan fingerprint density at radius 1 is 1.15 bits per heavy atom. The predicted molar refractivity (Wildman–Crippen MR) is 74.6 cm³/mol. The van der Waals surface area contributed by atoms with Crippen LogP contribution in [0.2, 0.25) is 0 Å². The fraction of sp³-hybridized carbons (Fsp3) is 0.143. The van der Waals surface area contributed by atoms with Crippen molar-refractivity contribution in [2.45, 2.75) is 6.04 Å². The normalized spacial score (nSPS) is 23.8. The minimum Gasteiger partial charge on any atom is -0.273 e. The van der Waals surface area contributed by atoms with E-state index in [0.29, 0.717) is 5.69 Å². The Morgan fingerprint density at radius 3 is 2.55 bits per heavy atom. The third-order valence-electron chi connectivity index (χ3n) is 3.32. The molecule has 1 aromatic rings. The number of aliphatic imine (C=N–C) groups is 1. The molecule has 1 amide bonds. The summed E-state index contributed by atoms with van der Waals surface area (Å²) in [5, 5.41) is 10.6. The van der Waals surface area contributed by atoms with Crippen molar-refractivity contribution in [2.75, 3.05) is 4.90 Å². The number of fused-ring (bicyclic) bond motifs is 1. The molecule has 1 aromatic carbocycles. The van der Waals surface area contributed by atoms with Gasteiger partial charge in [-0.05, 0) is 12.1 Å². The molecule has 2 atom stereocenters. The van der Waals surface area contributed by atoms with Crippen LogP contribution in [0.5, 0.6) is 0 Å². The molecule has 2 aliphatic rings. The first-order valence-corrected chi connectivity index (χ1v) is 6.12. The monoisotopic (exact) mass is 269 g/mol. The van der Waals surface area contributed by atoms with Gasteiger partial charge < -0.3 is 0 Å². The van der Waals surface area contributed by atoms with Crippen LogP contribution >= 0.6 is 0 Å². The molecule has 3 rings (SSSR count). The Labute approximate surface area is 114 Å². The summed E-state index contributed by atoms with van der Waals surface area (Å²) < 4.78 is 0. The maximum atomic E-state index is 12.4. The first-order valence-electron chi connectivity index (χ1n) is 6.12. The first-order chi connectivity index (χ1) is 9.66. The van der Waals surface area contributed by atoms with Gasteiger partial charge in [0.2, 0.25) is 5.91 Å².